The summed E-state index contributed by atoms with van der Waals surface area (Å²) in [4.78, 5) is 24.6. The summed E-state index contributed by atoms with van der Waals surface area (Å²) in [7, 11) is 0. The lowest BCUT2D eigenvalue weighted by Crippen LogP contribution is -2.31. The number of thioether (sulfide) groups is 1. The van der Waals surface area contributed by atoms with Crippen molar-refractivity contribution in [3.8, 4) is 6.07 Å². The van der Waals surface area contributed by atoms with E-state index in [9.17, 15) is 14.9 Å². The maximum absolute atomic E-state index is 13.3. The summed E-state index contributed by atoms with van der Waals surface area (Å²) in [5, 5.41) is 17.3. The fourth-order valence-electron chi connectivity index (χ4n) is 3.22. The van der Waals surface area contributed by atoms with Crippen LogP contribution in [0.3, 0.4) is 0 Å². The van der Waals surface area contributed by atoms with Gasteiger partial charge in [-0.3, -0.25) is 9.59 Å². The fraction of sp³-hybridized carbons (Fsp3) is 0.136. The number of nitrogens with one attached hydrogen (secondary N) is 2. The van der Waals surface area contributed by atoms with Gasteiger partial charge in [-0.25, -0.2) is 0 Å². The van der Waals surface area contributed by atoms with Gasteiger partial charge in [0.15, 0.2) is 0 Å². The van der Waals surface area contributed by atoms with Crippen LogP contribution in [0.2, 0.25) is 10.0 Å². The predicted molar refractivity (Wildman–Crippen MR) is 124 cm³/mol. The van der Waals surface area contributed by atoms with Gasteiger partial charge in [-0.15, -0.1) is 0 Å². The molecular formula is C22H18Cl2N4O2S. The molecule has 158 valence electrons. The van der Waals surface area contributed by atoms with Gasteiger partial charge in [0.25, 0.3) is 5.91 Å². The minimum Gasteiger partial charge on any atom is -0.369 e. The van der Waals surface area contributed by atoms with E-state index in [0.29, 0.717) is 37.6 Å². The maximum atomic E-state index is 13.3. The monoisotopic (exact) mass is 472 g/mol. The zero-order valence-corrected chi connectivity index (χ0v) is 18.7. The van der Waals surface area contributed by atoms with Crippen molar-refractivity contribution in [3.05, 3.63) is 86.0 Å². The Morgan fingerprint density at radius 3 is 2.48 bits per heavy atom. The number of rotatable bonds is 6. The summed E-state index contributed by atoms with van der Waals surface area (Å²) in [6.45, 7) is 1.74. The normalized spacial score (nSPS) is 15.9. The van der Waals surface area contributed by atoms with Crippen molar-refractivity contribution in [2.24, 2.45) is 5.73 Å². The van der Waals surface area contributed by atoms with Gasteiger partial charge in [0, 0.05) is 27.0 Å². The van der Waals surface area contributed by atoms with E-state index in [-0.39, 0.29) is 17.2 Å². The van der Waals surface area contributed by atoms with Crippen LogP contribution < -0.4 is 16.4 Å². The number of amides is 2. The molecule has 0 radical (unpaired) electrons. The van der Waals surface area contributed by atoms with E-state index in [1.54, 1.807) is 55.5 Å². The van der Waals surface area contributed by atoms with Crippen LogP contribution in [0.5, 0.6) is 0 Å². The van der Waals surface area contributed by atoms with Gasteiger partial charge < -0.3 is 16.4 Å². The van der Waals surface area contributed by atoms with E-state index < -0.39 is 11.8 Å². The molecule has 1 unspecified atom stereocenters. The topological polar surface area (TPSA) is 108 Å². The van der Waals surface area contributed by atoms with E-state index in [1.807, 2.05) is 0 Å². The Morgan fingerprint density at radius 2 is 1.87 bits per heavy atom. The molecule has 0 fully saturated rings. The van der Waals surface area contributed by atoms with Crippen LogP contribution in [0.4, 0.5) is 5.69 Å². The number of allylic oxidation sites excluding steroid dienone is 2. The number of primary amides is 1. The standard InChI is InChI=1S/C22H18Cl2N4O2S/c1-12-19(21(30)28-14-8-6-13(23)7-9-14)20(15-4-2-3-5-17(15)24)16(10-25)22(27-12)31-11-18(26)29/h2-9,20,27H,11H2,1H3,(H2,26,29)(H,28,30). The Hall–Kier alpha value is -2.92. The molecule has 9 heteroatoms. The molecule has 4 N–H and O–H groups in total. The summed E-state index contributed by atoms with van der Waals surface area (Å²) in [6, 6.07) is 15.9. The van der Waals surface area contributed by atoms with E-state index in [1.165, 1.54) is 0 Å². The minimum atomic E-state index is -0.720. The van der Waals surface area contributed by atoms with Crippen LogP contribution in [-0.4, -0.2) is 17.6 Å². The summed E-state index contributed by atoms with van der Waals surface area (Å²) in [5.74, 6) is -1.63. The molecule has 3 rings (SSSR count). The highest BCUT2D eigenvalue weighted by atomic mass is 35.5. The Kier molecular flexibility index (Phi) is 7.29. The van der Waals surface area contributed by atoms with Crippen LogP contribution >= 0.6 is 35.0 Å². The van der Waals surface area contributed by atoms with Crippen molar-refractivity contribution in [2.45, 2.75) is 12.8 Å². The van der Waals surface area contributed by atoms with Crippen LogP contribution in [0.1, 0.15) is 18.4 Å². The van der Waals surface area contributed by atoms with E-state index >= 15 is 0 Å². The smallest absolute Gasteiger partial charge is 0.254 e. The summed E-state index contributed by atoms with van der Waals surface area (Å²) in [5.41, 5.74) is 7.62. The Bertz CT molecular complexity index is 1140. The largest absolute Gasteiger partial charge is 0.369 e. The molecule has 2 aromatic carbocycles. The highest BCUT2D eigenvalue weighted by molar-refractivity contribution is 8.03. The Balaban J connectivity index is 2.07. The first kappa shape index (κ1) is 22.8. The number of carbonyl (C=O) groups excluding carboxylic acids is 2. The number of nitrogens with zero attached hydrogens (tertiary/aromatic N) is 1. The zero-order chi connectivity index (χ0) is 22.5. The summed E-state index contributed by atoms with van der Waals surface area (Å²) in [6.07, 6.45) is 0. The third-order valence-electron chi connectivity index (χ3n) is 4.57. The SMILES string of the molecule is CC1=C(C(=O)Nc2ccc(Cl)cc2)C(c2ccccc2Cl)C(C#N)=C(SCC(N)=O)N1. The number of benzene rings is 2. The molecule has 2 aromatic rings. The summed E-state index contributed by atoms with van der Waals surface area (Å²) < 4.78 is 0. The minimum absolute atomic E-state index is 0.0116. The number of nitrogens with two attached hydrogens (primary N) is 1. The number of hydrogen-bond acceptors (Lipinski definition) is 5. The molecule has 1 atom stereocenters. The molecular weight excluding hydrogens is 455 g/mol. The molecule has 31 heavy (non-hydrogen) atoms. The quantitative estimate of drug-likeness (QED) is 0.571. The van der Waals surface area contributed by atoms with Crippen molar-refractivity contribution in [1.82, 2.24) is 5.32 Å². The first-order valence-corrected chi connectivity index (χ1v) is 10.9. The second-order valence-corrected chi connectivity index (χ2v) is 8.52. The van der Waals surface area contributed by atoms with Crippen LogP contribution in [-0.2, 0) is 9.59 Å². The first-order valence-electron chi connectivity index (χ1n) is 9.16. The Morgan fingerprint density at radius 1 is 1.19 bits per heavy atom. The lowest BCUT2D eigenvalue weighted by molar-refractivity contribution is -0.115. The second kappa shape index (κ2) is 9.92. The molecule has 0 aliphatic carbocycles. The molecule has 0 saturated carbocycles. The molecule has 1 aliphatic heterocycles. The van der Waals surface area contributed by atoms with E-state index in [2.05, 4.69) is 16.7 Å². The van der Waals surface area contributed by atoms with Crippen LogP contribution in [0.25, 0.3) is 0 Å². The third kappa shape index (κ3) is 5.23. The molecule has 6 nitrogen and oxygen atoms in total. The van der Waals surface area contributed by atoms with Crippen molar-refractivity contribution >= 4 is 52.5 Å². The highest BCUT2D eigenvalue weighted by Gasteiger charge is 2.35. The Labute approximate surface area is 194 Å². The predicted octanol–water partition coefficient (Wildman–Crippen LogP) is 4.55. The highest BCUT2D eigenvalue weighted by Crippen LogP contribution is 2.43. The number of anilines is 1. The number of nitriles is 1. The van der Waals surface area contributed by atoms with Crippen molar-refractivity contribution in [3.63, 3.8) is 0 Å². The van der Waals surface area contributed by atoms with E-state index in [0.717, 1.165) is 11.8 Å². The van der Waals surface area contributed by atoms with Crippen molar-refractivity contribution in [1.29, 1.82) is 5.26 Å². The number of carbonyl (C=O) groups is 2. The van der Waals surface area contributed by atoms with Crippen molar-refractivity contribution in [2.75, 3.05) is 11.1 Å². The average Bonchev–Trinajstić information content (AvgIpc) is 2.73. The lowest BCUT2D eigenvalue weighted by Gasteiger charge is -2.30. The van der Waals surface area contributed by atoms with Gasteiger partial charge in [-0.05, 0) is 42.8 Å². The molecule has 0 bridgehead atoms. The van der Waals surface area contributed by atoms with Gasteiger partial charge in [-0.2, -0.15) is 5.26 Å². The number of hydrogen-bond donors (Lipinski definition) is 3. The zero-order valence-electron chi connectivity index (χ0n) is 16.4. The van der Waals surface area contributed by atoms with Gasteiger partial charge in [0.1, 0.15) is 0 Å². The molecule has 0 saturated heterocycles. The first-order chi connectivity index (χ1) is 14.8. The van der Waals surface area contributed by atoms with Crippen LogP contribution in [0, 0.1) is 11.3 Å². The van der Waals surface area contributed by atoms with Gasteiger partial charge in [-0.1, -0.05) is 53.2 Å². The third-order valence-corrected chi connectivity index (χ3v) is 6.20. The fourth-order valence-corrected chi connectivity index (χ4v) is 4.42. The second-order valence-electron chi connectivity index (χ2n) is 6.69. The molecule has 0 spiro atoms. The van der Waals surface area contributed by atoms with Crippen LogP contribution in [0.15, 0.2) is 70.4 Å². The molecule has 1 heterocycles. The number of dihydropyridines is 1. The van der Waals surface area contributed by atoms with Gasteiger partial charge >= 0.3 is 0 Å². The van der Waals surface area contributed by atoms with E-state index in [4.69, 9.17) is 28.9 Å². The number of halogens is 2. The molecule has 2 amide bonds. The maximum Gasteiger partial charge on any atom is 0.254 e. The lowest BCUT2D eigenvalue weighted by atomic mass is 9.82. The molecule has 1 aliphatic rings. The summed E-state index contributed by atoms with van der Waals surface area (Å²) >= 11 is 13.5. The van der Waals surface area contributed by atoms with Crippen molar-refractivity contribution < 1.29 is 9.59 Å². The average molecular weight is 473 g/mol. The van der Waals surface area contributed by atoms with Gasteiger partial charge in [0.05, 0.1) is 28.3 Å². The van der Waals surface area contributed by atoms with Gasteiger partial charge in [0.2, 0.25) is 5.91 Å². The molecule has 0 aromatic heterocycles.